The molecule has 0 aromatic rings. The monoisotopic (exact) mass is 314 g/mol. The van der Waals surface area contributed by atoms with Crippen molar-refractivity contribution in [3.63, 3.8) is 0 Å². The van der Waals surface area contributed by atoms with E-state index >= 15 is 0 Å². The van der Waals surface area contributed by atoms with Crippen molar-refractivity contribution >= 4 is 20.2 Å². The Hall–Kier alpha value is -0.140. The molecule has 19 heavy (non-hydrogen) atoms. The predicted molar refractivity (Wildman–Crippen MR) is 76.8 cm³/mol. The predicted octanol–water partition coefficient (Wildman–Crippen LogP) is 2.54. The molecule has 5 nitrogen and oxygen atoms in total. The maximum Gasteiger partial charge on any atom is 0.281 e. The molecule has 116 valence electrons. The van der Waals surface area contributed by atoms with Crippen LogP contribution in [0.2, 0.25) is 0 Å². The van der Waals surface area contributed by atoms with Crippen LogP contribution in [0, 0.1) is 11.8 Å². The van der Waals surface area contributed by atoms with Crippen LogP contribution in [0.15, 0.2) is 0 Å². The summed E-state index contributed by atoms with van der Waals surface area (Å²) in [5.74, 6) is 0.291. The Labute approximate surface area is 118 Å². The van der Waals surface area contributed by atoms with Crippen molar-refractivity contribution in [3.05, 3.63) is 0 Å². The molecule has 0 atom stereocenters. The second-order valence-corrected chi connectivity index (χ2v) is 9.26. The van der Waals surface area contributed by atoms with Crippen LogP contribution >= 0.6 is 0 Å². The summed E-state index contributed by atoms with van der Waals surface area (Å²) in [6, 6.07) is 0. The van der Waals surface area contributed by atoms with Crippen molar-refractivity contribution < 1.29 is 20.5 Å². The summed E-state index contributed by atoms with van der Waals surface area (Å²) in [6.45, 7) is 7.93. The maximum absolute atomic E-state index is 11.5. The van der Waals surface area contributed by atoms with E-state index in [2.05, 4.69) is 3.63 Å². The second kappa shape index (κ2) is 8.21. The molecule has 0 bridgehead atoms. The molecule has 0 spiro atoms. The molecule has 0 saturated heterocycles. The van der Waals surface area contributed by atoms with Crippen molar-refractivity contribution in [1.29, 1.82) is 0 Å². The third-order valence-electron chi connectivity index (χ3n) is 2.56. The van der Waals surface area contributed by atoms with Crippen LogP contribution < -0.4 is 0 Å². The Morgan fingerprint density at radius 3 is 1.32 bits per heavy atom. The van der Waals surface area contributed by atoms with Gasteiger partial charge >= 0.3 is 0 Å². The van der Waals surface area contributed by atoms with Gasteiger partial charge in [-0.25, -0.2) is 0 Å². The number of hydrogen-bond acceptors (Lipinski definition) is 5. The van der Waals surface area contributed by atoms with E-state index in [9.17, 15) is 16.8 Å². The van der Waals surface area contributed by atoms with E-state index in [0.29, 0.717) is 24.7 Å². The van der Waals surface area contributed by atoms with Crippen molar-refractivity contribution in [2.75, 3.05) is 11.5 Å². The van der Waals surface area contributed by atoms with E-state index in [1.165, 1.54) is 0 Å². The molecular formula is C12H26O5S2. The molecule has 0 amide bonds. The Balaban J connectivity index is 4.24. The fourth-order valence-electron chi connectivity index (χ4n) is 1.56. The van der Waals surface area contributed by atoms with Crippen LogP contribution in [-0.2, 0) is 23.9 Å². The second-order valence-electron chi connectivity index (χ2n) is 5.66. The summed E-state index contributed by atoms with van der Waals surface area (Å²) in [7, 11) is -7.95. The summed E-state index contributed by atoms with van der Waals surface area (Å²) >= 11 is 0. The van der Waals surface area contributed by atoms with Crippen LogP contribution in [0.25, 0.3) is 0 Å². The number of hydrogen-bond donors (Lipinski definition) is 0. The first-order chi connectivity index (χ1) is 8.54. The molecule has 0 unspecified atom stereocenters. The highest BCUT2D eigenvalue weighted by Crippen LogP contribution is 2.12. The van der Waals surface area contributed by atoms with Crippen LogP contribution in [0.3, 0.4) is 0 Å². The molecule has 0 radical (unpaired) electrons. The zero-order chi connectivity index (χ0) is 15.1. The van der Waals surface area contributed by atoms with Gasteiger partial charge in [0.15, 0.2) is 0 Å². The largest absolute Gasteiger partial charge is 0.281 e. The third kappa shape index (κ3) is 11.4. The first kappa shape index (κ1) is 18.9. The molecule has 0 aromatic heterocycles. The summed E-state index contributed by atoms with van der Waals surface area (Å²) in [4.78, 5) is 0. The van der Waals surface area contributed by atoms with Gasteiger partial charge in [0.05, 0.1) is 11.5 Å². The lowest BCUT2D eigenvalue weighted by Gasteiger charge is -2.08. The fourth-order valence-corrected chi connectivity index (χ4v) is 4.41. The molecule has 0 aromatic carbocycles. The SMILES string of the molecule is CC(C)CCCS(=O)(=O)OS(=O)(=O)CCCC(C)C. The van der Waals surface area contributed by atoms with Crippen molar-refractivity contribution in [2.45, 2.75) is 53.4 Å². The van der Waals surface area contributed by atoms with Crippen molar-refractivity contribution in [1.82, 2.24) is 0 Å². The molecule has 0 saturated carbocycles. The molecular weight excluding hydrogens is 288 g/mol. The van der Waals surface area contributed by atoms with Crippen molar-refractivity contribution in [3.8, 4) is 0 Å². The van der Waals surface area contributed by atoms with Gasteiger partial charge in [-0.15, -0.1) is 3.63 Å². The lowest BCUT2D eigenvalue weighted by Crippen LogP contribution is -2.19. The van der Waals surface area contributed by atoms with Crippen molar-refractivity contribution in [2.24, 2.45) is 11.8 Å². The van der Waals surface area contributed by atoms with E-state index in [1.807, 2.05) is 27.7 Å². The van der Waals surface area contributed by atoms with Gasteiger partial charge in [0.2, 0.25) is 0 Å². The van der Waals surface area contributed by atoms with Crippen LogP contribution in [0.4, 0.5) is 0 Å². The summed E-state index contributed by atoms with van der Waals surface area (Å²) < 4.78 is 50.4. The smallest absolute Gasteiger partial charge is 0.198 e. The van der Waals surface area contributed by atoms with Gasteiger partial charge in [-0.05, 0) is 37.5 Å². The molecule has 0 aliphatic rings. The molecule has 0 rings (SSSR count). The molecule has 0 fully saturated rings. The zero-order valence-corrected chi connectivity index (χ0v) is 13.9. The Morgan fingerprint density at radius 2 is 1.05 bits per heavy atom. The van der Waals surface area contributed by atoms with Gasteiger partial charge in [-0.1, -0.05) is 27.7 Å². The van der Waals surface area contributed by atoms with E-state index in [4.69, 9.17) is 0 Å². The Morgan fingerprint density at radius 1 is 0.737 bits per heavy atom. The quantitative estimate of drug-likeness (QED) is 0.619. The summed E-state index contributed by atoms with van der Waals surface area (Å²) in [5.41, 5.74) is 0. The van der Waals surface area contributed by atoms with Crippen LogP contribution in [0.5, 0.6) is 0 Å². The van der Waals surface area contributed by atoms with E-state index in [1.54, 1.807) is 0 Å². The Bertz CT molecular complexity index is 393. The molecule has 0 heterocycles. The average Bonchev–Trinajstić information content (AvgIpc) is 2.12. The standard InChI is InChI=1S/C12H26O5S2/c1-11(2)7-5-9-18(13,14)17-19(15,16)10-6-8-12(3)4/h11-12H,5-10H2,1-4H3. The van der Waals surface area contributed by atoms with Gasteiger partial charge in [0.25, 0.3) is 20.2 Å². The lowest BCUT2D eigenvalue weighted by atomic mass is 10.1. The van der Waals surface area contributed by atoms with E-state index in [-0.39, 0.29) is 11.5 Å². The maximum atomic E-state index is 11.5. The van der Waals surface area contributed by atoms with Gasteiger partial charge in [-0.3, -0.25) is 0 Å². The van der Waals surface area contributed by atoms with Crippen LogP contribution in [0.1, 0.15) is 53.4 Å². The van der Waals surface area contributed by atoms with Gasteiger partial charge in [0, 0.05) is 0 Å². The van der Waals surface area contributed by atoms with E-state index in [0.717, 1.165) is 12.8 Å². The molecule has 0 aliphatic heterocycles. The zero-order valence-electron chi connectivity index (χ0n) is 12.3. The van der Waals surface area contributed by atoms with Crippen LogP contribution in [-0.4, -0.2) is 28.3 Å². The van der Waals surface area contributed by atoms with Gasteiger partial charge < -0.3 is 0 Å². The Kier molecular flexibility index (Phi) is 8.15. The highest BCUT2D eigenvalue weighted by molar-refractivity contribution is 7.99. The van der Waals surface area contributed by atoms with E-state index < -0.39 is 20.2 Å². The fraction of sp³-hybridized carbons (Fsp3) is 1.00. The minimum atomic E-state index is -3.97. The highest BCUT2D eigenvalue weighted by atomic mass is 32.3. The molecule has 0 N–H and O–H groups in total. The summed E-state index contributed by atoms with van der Waals surface area (Å²) in [6.07, 6.45) is 2.30. The first-order valence-corrected chi connectivity index (χ1v) is 9.86. The minimum Gasteiger partial charge on any atom is -0.198 e. The number of rotatable bonds is 10. The average molecular weight is 314 g/mol. The topological polar surface area (TPSA) is 77.5 Å². The first-order valence-electron chi connectivity index (χ1n) is 6.70. The normalized spacial score (nSPS) is 13.4. The lowest BCUT2D eigenvalue weighted by molar-refractivity contribution is 0.454. The molecule has 0 aliphatic carbocycles. The van der Waals surface area contributed by atoms with Gasteiger partial charge in [-0.2, -0.15) is 16.8 Å². The third-order valence-corrected chi connectivity index (χ3v) is 5.79. The van der Waals surface area contributed by atoms with Gasteiger partial charge in [0.1, 0.15) is 0 Å². The molecule has 7 heteroatoms. The highest BCUT2D eigenvalue weighted by Gasteiger charge is 2.22. The summed E-state index contributed by atoms with van der Waals surface area (Å²) in [5, 5.41) is 0. The minimum absolute atomic E-state index is 0.241.